The number of aromatic amines is 1. The maximum absolute atomic E-state index is 12.4. The van der Waals surface area contributed by atoms with Crippen LogP contribution in [0.25, 0.3) is 22.0 Å². The Balaban J connectivity index is 1.65. The van der Waals surface area contributed by atoms with Crippen molar-refractivity contribution in [2.75, 3.05) is 5.32 Å². The van der Waals surface area contributed by atoms with Crippen molar-refractivity contribution in [1.29, 1.82) is 0 Å². The number of halogens is 1. The van der Waals surface area contributed by atoms with Gasteiger partial charge in [0.15, 0.2) is 5.82 Å². The summed E-state index contributed by atoms with van der Waals surface area (Å²) in [6, 6.07) is 21.5. The van der Waals surface area contributed by atoms with Gasteiger partial charge in [-0.2, -0.15) is 5.10 Å². The van der Waals surface area contributed by atoms with Gasteiger partial charge in [-0.1, -0.05) is 54.1 Å². The van der Waals surface area contributed by atoms with Crippen LogP contribution in [-0.2, 0) is 11.2 Å². The van der Waals surface area contributed by atoms with Crippen LogP contribution in [-0.4, -0.2) is 16.1 Å². The van der Waals surface area contributed by atoms with E-state index in [1.165, 1.54) is 0 Å². The lowest BCUT2D eigenvalue weighted by atomic mass is 9.98. The van der Waals surface area contributed by atoms with Gasteiger partial charge in [-0.3, -0.25) is 9.89 Å². The molecule has 5 heteroatoms. The second kappa shape index (κ2) is 7.25. The molecule has 0 bridgehead atoms. The van der Waals surface area contributed by atoms with Crippen LogP contribution in [0.1, 0.15) is 11.1 Å². The predicted octanol–water partition coefficient (Wildman–Crippen LogP) is 5.37. The number of aromatic nitrogens is 2. The van der Waals surface area contributed by atoms with E-state index in [1.807, 2.05) is 60.7 Å². The summed E-state index contributed by atoms with van der Waals surface area (Å²) in [4.78, 5) is 12.4. The Morgan fingerprint density at radius 3 is 2.56 bits per heavy atom. The number of amides is 1. The minimum absolute atomic E-state index is 0.0942. The maximum Gasteiger partial charge on any atom is 0.230 e. The third-order valence-corrected chi connectivity index (χ3v) is 4.78. The Bertz CT molecular complexity index is 1100. The molecule has 0 unspecified atom stereocenters. The quantitative estimate of drug-likeness (QED) is 0.503. The molecule has 3 aromatic carbocycles. The van der Waals surface area contributed by atoms with E-state index < -0.39 is 0 Å². The third-order valence-electron chi connectivity index (χ3n) is 4.53. The highest BCUT2D eigenvalue weighted by Gasteiger charge is 2.13. The SMILES string of the molecule is Cc1cc2[nH]nc(NC(=O)Cc3ccccc3)c2cc1-c1ccc(Cl)cc1. The number of fused-ring (bicyclic) bond motifs is 1. The summed E-state index contributed by atoms with van der Waals surface area (Å²) in [6.45, 7) is 2.05. The first-order valence-corrected chi connectivity index (χ1v) is 9.06. The molecule has 4 aromatic rings. The normalized spacial score (nSPS) is 10.9. The number of hydrogen-bond donors (Lipinski definition) is 2. The molecule has 0 aliphatic rings. The minimum Gasteiger partial charge on any atom is -0.308 e. The number of hydrogen-bond acceptors (Lipinski definition) is 2. The van der Waals surface area contributed by atoms with Crippen LogP contribution >= 0.6 is 11.6 Å². The molecule has 0 saturated heterocycles. The highest BCUT2D eigenvalue weighted by Crippen LogP contribution is 2.31. The van der Waals surface area contributed by atoms with E-state index in [-0.39, 0.29) is 5.91 Å². The van der Waals surface area contributed by atoms with Crippen molar-refractivity contribution in [2.45, 2.75) is 13.3 Å². The highest BCUT2D eigenvalue weighted by atomic mass is 35.5. The second-order valence-corrected chi connectivity index (χ2v) is 6.94. The summed E-state index contributed by atoms with van der Waals surface area (Å²) in [7, 11) is 0. The van der Waals surface area contributed by atoms with E-state index in [0.717, 1.165) is 33.2 Å². The highest BCUT2D eigenvalue weighted by molar-refractivity contribution is 6.30. The zero-order chi connectivity index (χ0) is 18.8. The first-order chi connectivity index (χ1) is 13.1. The molecule has 0 radical (unpaired) electrons. The first-order valence-electron chi connectivity index (χ1n) is 8.68. The average Bonchev–Trinajstić information content (AvgIpc) is 3.04. The molecule has 134 valence electrons. The van der Waals surface area contributed by atoms with E-state index in [2.05, 4.69) is 28.5 Å². The van der Waals surface area contributed by atoms with Crippen LogP contribution in [0.5, 0.6) is 0 Å². The van der Waals surface area contributed by atoms with Gasteiger partial charge in [0, 0.05) is 10.4 Å². The van der Waals surface area contributed by atoms with E-state index in [9.17, 15) is 4.79 Å². The number of rotatable bonds is 4. The van der Waals surface area contributed by atoms with E-state index in [1.54, 1.807) is 0 Å². The van der Waals surface area contributed by atoms with Gasteiger partial charge >= 0.3 is 0 Å². The second-order valence-electron chi connectivity index (χ2n) is 6.50. The number of aryl methyl sites for hydroxylation is 1. The summed E-state index contributed by atoms with van der Waals surface area (Å²) in [6.07, 6.45) is 0.311. The van der Waals surface area contributed by atoms with Gasteiger partial charge in [0.05, 0.1) is 11.9 Å². The molecule has 4 rings (SSSR count). The van der Waals surface area contributed by atoms with Gasteiger partial charge in [0.2, 0.25) is 5.91 Å². The molecule has 27 heavy (non-hydrogen) atoms. The number of anilines is 1. The monoisotopic (exact) mass is 375 g/mol. The molecular formula is C22H18ClN3O. The molecular weight excluding hydrogens is 358 g/mol. The van der Waals surface area contributed by atoms with E-state index >= 15 is 0 Å². The van der Waals surface area contributed by atoms with Gasteiger partial charge < -0.3 is 5.32 Å². The standard InChI is InChI=1S/C22H18ClN3O/c1-14-11-20-19(13-18(14)16-7-9-17(23)10-8-16)22(26-25-20)24-21(27)12-15-5-3-2-4-6-15/h2-11,13H,12H2,1H3,(H2,24,25,26,27). The Labute approximate surface area is 162 Å². The van der Waals surface area contributed by atoms with Crippen LogP contribution in [0.3, 0.4) is 0 Å². The zero-order valence-corrected chi connectivity index (χ0v) is 15.5. The Morgan fingerprint density at radius 2 is 1.81 bits per heavy atom. The van der Waals surface area contributed by atoms with Crippen molar-refractivity contribution in [3.05, 3.63) is 82.9 Å². The summed E-state index contributed by atoms with van der Waals surface area (Å²) in [5.74, 6) is 0.448. The van der Waals surface area contributed by atoms with Crippen molar-refractivity contribution in [2.24, 2.45) is 0 Å². The lowest BCUT2D eigenvalue weighted by Crippen LogP contribution is -2.14. The van der Waals surface area contributed by atoms with Gasteiger partial charge in [-0.05, 0) is 53.4 Å². The summed E-state index contributed by atoms with van der Waals surface area (Å²) < 4.78 is 0. The van der Waals surface area contributed by atoms with Crippen LogP contribution in [0.15, 0.2) is 66.7 Å². The third kappa shape index (κ3) is 3.71. The largest absolute Gasteiger partial charge is 0.308 e. The summed E-state index contributed by atoms with van der Waals surface area (Å²) in [5.41, 5.74) is 5.13. The topological polar surface area (TPSA) is 57.8 Å². The molecule has 0 saturated carbocycles. The molecule has 0 atom stereocenters. The molecule has 0 fully saturated rings. The van der Waals surface area contributed by atoms with Gasteiger partial charge in [0.25, 0.3) is 0 Å². The summed E-state index contributed by atoms with van der Waals surface area (Å²) >= 11 is 6.00. The average molecular weight is 376 g/mol. The predicted molar refractivity (Wildman–Crippen MR) is 110 cm³/mol. The number of nitrogens with one attached hydrogen (secondary N) is 2. The fourth-order valence-electron chi connectivity index (χ4n) is 3.17. The number of benzene rings is 3. The fraction of sp³-hybridized carbons (Fsp3) is 0.0909. The van der Waals surface area contributed by atoms with Crippen LogP contribution in [0, 0.1) is 6.92 Å². The van der Waals surface area contributed by atoms with Crippen LogP contribution in [0.4, 0.5) is 5.82 Å². The van der Waals surface area contributed by atoms with Gasteiger partial charge in [-0.15, -0.1) is 0 Å². The Hall–Kier alpha value is -3.11. The molecule has 4 nitrogen and oxygen atoms in total. The van der Waals surface area contributed by atoms with E-state index in [0.29, 0.717) is 17.3 Å². The first kappa shape index (κ1) is 17.3. The molecule has 1 heterocycles. The molecule has 0 spiro atoms. The van der Waals surface area contributed by atoms with Gasteiger partial charge in [-0.25, -0.2) is 0 Å². The number of nitrogens with zero attached hydrogens (tertiary/aromatic N) is 1. The molecule has 0 aliphatic heterocycles. The number of H-pyrrole nitrogens is 1. The minimum atomic E-state index is -0.0942. The molecule has 1 amide bonds. The Morgan fingerprint density at radius 1 is 1.07 bits per heavy atom. The van der Waals surface area contributed by atoms with Crippen LogP contribution in [0.2, 0.25) is 5.02 Å². The van der Waals surface area contributed by atoms with Crippen molar-refractivity contribution in [3.63, 3.8) is 0 Å². The number of carbonyl (C=O) groups is 1. The van der Waals surface area contributed by atoms with Crippen molar-refractivity contribution in [3.8, 4) is 11.1 Å². The zero-order valence-electron chi connectivity index (χ0n) is 14.8. The van der Waals surface area contributed by atoms with Crippen molar-refractivity contribution in [1.82, 2.24) is 10.2 Å². The maximum atomic E-state index is 12.4. The van der Waals surface area contributed by atoms with Crippen LogP contribution < -0.4 is 5.32 Å². The number of carbonyl (C=O) groups excluding carboxylic acids is 1. The molecule has 2 N–H and O–H groups in total. The summed E-state index contributed by atoms with van der Waals surface area (Å²) in [5, 5.41) is 11.8. The lowest BCUT2D eigenvalue weighted by molar-refractivity contribution is -0.115. The molecule has 0 aliphatic carbocycles. The van der Waals surface area contributed by atoms with Crippen molar-refractivity contribution >= 4 is 34.2 Å². The lowest BCUT2D eigenvalue weighted by Gasteiger charge is -2.08. The fourth-order valence-corrected chi connectivity index (χ4v) is 3.29. The van der Waals surface area contributed by atoms with Crippen molar-refractivity contribution < 1.29 is 4.79 Å². The van der Waals surface area contributed by atoms with E-state index in [4.69, 9.17) is 11.6 Å². The van der Waals surface area contributed by atoms with Gasteiger partial charge in [0.1, 0.15) is 0 Å². The molecule has 1 aromatic heterocycles. The smallest absolute Gasteiger partial charge is 0.230 e. The Kier molecular flexibility index (Phi) is 4.65.